The molecule has 0 fully saturated rings. The number of aryl methyl sites for hydroxylation is 2. The summed E-state index contributed by atoms with van der Waals surface area (Å²) in [6, 6.07) is 13.0. The van der Waals surface area contributed by atoms with Gasteiger partial charge in [-0.2, -0.15) is 0 Å². The van der Waals surface area contributed by atoms with E-state index in [9.17, 15) is 4.39 Å². The van der Waals surface area contributed by atoms with Gasteiger partial charge in [-0.3, -0.25) is 0 Å². The molecule has 0 heterocycles. The maximum Gasteiger partial charge on any atom is 0.126 e. The monoisotopic (exact) mass is 301 g/mol. The van der Waals surface area contributed by atoms with Crippen molar-refractivity contribution in [3.8, 4) is 5.75 Å². The molecule has 0 saturated heterocycles. The van der Waals surface area contributed by atoms with Gasteiger partial charge in [-0.15, -0.1) is 0 Å². The summed E-state index contributed by atoms with van der Waals surface area (Å²) in [5.41, 5.74) is 8.88. The Bertz CT molecular complexity index is 612. The fourth-order valence-electron chi connectivity index (χ4n) is 2.68. The Morgan fingerprint density at radius 2 is 1.91 bits per heavy atom. The Labute approximate surface area is 132 Å². The summed E-state index contributed by atoms with van der Waals surface area (Å²) >= 11 is 0. The normalized spacial score (nSPS) is 12.2. The van der Waals surface area contributed by atoms with Crippen LogP contribution in [0.4, 0.5) is 4.39 Å². The van der Waals surface area contributed by atoms with Gasteiger partial charge in [0.15, 0.2) is 0 Å². The minimum Gasteiger partial charge on any atom is -0.493 e. The number of benzene rings is 2. The average Bonchev–Trinajstić information content (AvgIpc) is 2.50. The van der Waals surface area contributed by atoms with E-state index in [1.165, 1.54) is 11.6 Å². The minimum atomic E-state index is -0.173. The van der Waals surface area contributed by atoms with Crippen molar-refractivity contribution in [1.29, 1.82) is 0 Å². The maximum absolute atomic E-state index is 13.8. The molecule has 0 aliphatic heterocycles. The van der Waals surface area contributed by atoms with Crippen LogP contribution < -0.4 is 10.5 Å². The van der Waals surface area contributed by atoms with Gasteiger partial charge < -0.3 is 10.5 Å². The Balaban J connectivity index is 1.86. The minimum absolute atomic E-state index is 0.0453. The molecular formula is C19H24FNO. The molecule has 0 aliphatic carbocycles. The molecule has 2 aromatic carbocycles. The van der Waals surface area contributed by atoms with E-state index in [1.54, 1.807) is 6.07 Å². The van der Waals surface area contributed by atoms with Crippen LogP contribution in [-0.4, -0.2) is 13.2 Å². The van der Waals surface area contributed by atoms with Gasteiger partial charge in [0, 0.05) is 0 Å². The van der Waals surface area contributed by atoms with Crippen LogP contribution in [0.2, 0.25) is 0 Å². The summed E-state index contributed by atoms with van der Waals surface area (Å²) in [5.74, 6) is 0.790. The van der Waals surface area contributed by atoms with E-state index in [0.29, 0.717) is 18.7 Å². The molecule has 0 saturated carbocycles. The van der Waals surface area contributed by atoms with E-state index in [4.69, 9.17) is 10.5 Å². The van der Waals surface area contributed by atoms with Crippen molar-refractivity contribution < 1.29 is 9.13 Å². The van der Waals surface area contributed by atoms with E-state index in [2.05, 4.69) is 13.0 Å². The first-order valence-electron chi connectivity index (χ1n) is 7.76. The van der Waals surface area contributed by atoms with Crippen LogP contribution in [0.3, 0.4) is 0 Å². The quantitative estimate of drug-likeness (QED) is 0.772. The second-order valence-electron chi connectivity index (χ2n) is 5.71. The van der Waals surface area contributed by atoms with E-state index >= 15 is 0 Å². The summed E-state index contributed by atoms with van der Waals surface area (Å²) < 4.78 is 19.6. The van der Waals surface area contributed by atoms with Crippen LogP contribution >= 0.6 is 0 Å². The molecule has 1 atom stereocenters. The third-order valence-electron chi connectivity index (χ3n) is 3.91. The number of hydrogen-bond donors (Lipinski definition) is 1. The van der Waals surface area contributed by atoms with E-state index in [1.807, 2.05) is 31.2 Å². The van der Waals surface area contributed by atoms with Crippen LogP contribution in [0.1, 0.15) is 35.4 Å². The molecule has 0 radical (unpaired) electrons. The Hall–Kier alpha value is -1.87. The predicted molar refractivity (Wildman–Crippen MR) is 88.8 cm³/mol. The summed E-state index contributed by atoms with van der Waals surface area (Å²) in [6.07, 6.45) is 1.67. The van der Waals surface area contributed by atoms with Crippen molar-refractivity contribution in [2.75, 3.05) is 13.2 Å². The molecular weight excluding hydrogens is 277 g/mol. The van der Waals surface area contributed by atoms with Gasteiger partial charge in [-0.05, 0) is 62.4 Å². The third-order valence-corrected chi connectivity index (χ3v) is 3.91. The largest absolute Gasteiger partial charge is 0.493 e. The lowest BCUT2D eigenvalue weighted by Crippen LogP contribution is -2.15. The molecule has 22 heavy (non-hydrogen) atoms. The van der Waals surface area contributed by atoms with E-state index in [0.717, 1.165) is 24.2 Å². The molecule has 2 aromatic rings. The van der Waals surface area contributed by atoms with Crippen molar-refractivity contribution in [2.24, 2.45) is 5.73 Å². The van der Waals surface area contributed by atoms with Crippen LogP contribution in [0.15, 0.2) is 42.5 Å². The van der Waals surface area contributed by atoms with Gasteiger partial charge in [0.25, 0.3) is 0 Å². The first-order chi connectivity index (χ1) is 10.6. The zero-order chi connectivity index (χ0) is 15.9. The smallest absolute Gasteiger partial charge is 0.126 e. The van der Waals surface area contributed by atoms with E-state index in [-0.39, 0.29) is 11.7 Å². The first-order valence-corrected chi connectivity index (χ1v) is 7.76. The van der Waals surface area contributed by atoms with E-state index < -0.39 is 0 Å². The van der Waals surface area contributed by atoms with Crippen LogP contribution in [0.25, 0.3) is 0 Å². The van der Waals surface area contributed by atoms with Crippen LogP contribution in [0.5, 0.6) is 5.75 Å². The average molecular weight is 301 g/mol. The summed E-state index contributed by atoms with van der Waals surface area (Å²) in [4.78, 5) is 0. The van der Waals surface area contributed by atoms with Gasteiger partial charge in [0.2, 0.25) is 0 Å². The molecule has 2 N–H and O–H groups in total. The lowest BCUT2D eigenvalue weighted by Gasteiger charge is -2.16. The molecule has 0 aromatic heterocycles. The third kappa shape index (κ3) is 4.31. The predicted octanol–water partition coefficient (Wildman–Crippen LogP) is 4.34. The number of hydrogen-bond acceptors (Lipinski definition) is 2. The van der Waals surface area contributed by atoms with Crippen molar-refractivity contribution in [1.82, 2.24) is 0 Å². The van der Waals surface area contributed by atoms with Crippen LogP contribution in [0, 0.1) is 19.7 Å². The molecule has 2 nitrogen and oxygen atoms in total. The first kappa shape index (κ1) is 16.5. The SMILES string of the molecule is Cc1ccc(OCCCC(CN)c2ccccc2F)c(C)c1. The molecule has 0 spiro atoms. The lowest BCUT2D eigenvalue weighted by molar-refractivity contribution is 0.299. The van der Waals surface area contributed by atoms with Crippen molar-refractivity contribution in [3.05, 3.63) is 65.0 Å². The zero-order valence-electron chi connectivity index (χ0n) is 13.3. The van der Waals surface area contributed by atoms with Gasteiger partial charge in [-0.25, -0.2) is 4.39 Å². The molecule has 3 heteroatoms. The van der Waals surface area contributed by atoms with Gasteiger partial charge >= 0.3 is 0 Å². The van der Waals surface area contributed by atoms with Gasteiger partial charge in [-0.1, -0.05) is 35.9 Å². The molecule has 1 unspecified atom stereocenters. The number of rotatable bonds is 7. The van der Waals surface area contributed by atoms with Crippen molar-refractivity contribution in [2.45, 2.75) is 32.6 Å². The van der Waals surface area contributed by atoms with Gasteiger partial charge in [0.1, 0.15) is 11.6 Å². The Kier molecular flexibility index (Phi) is 5.96. The topological polar surface area (TPSA) is 35.2 Å². The van der Waals surface area contributed by atoms with Crippen molar-refractivity contribution >= 4 is 0 Å². The highest BCUT2D eigenvalue weighted by Gasteiger charge is 2.13. The standard InChI is InChI=1S/C19H24FNO/c1-14-9-10-19(15(2)12-14)22-11-5-6-16(13-21)17-7-3-4-8-18(17)20/h3-4,7-10,12,16H,5-6,11,13,21H2,1-2H3. The fraction of sp³-hybridized carbons (Fsp3) is 0.368. The highest BCUT2D eigenvalue weighted by Crippen LogP contribution is 2.24. The maximum atomic E-state index is 13.8. The lowest BCUT2D eigenvalue weighted by atomic mass is 9.94. The Morgan fingerprint density at radius 3 is 2.59 bits per heavy atom. The highest BCUT2D eigenvalue weighted by atomic mass is 19.1. The highest BCUT2D eigenvalue weighted by molar-refractivity contribution is 5.35. The zero-order valence-corrected chi connectivity index (χ0v) is 13.3. The fourth-order valence-corrected chi connectivity index (χ4v) is 2.68. The second-order valence-corrected chi connectivity index (χ2v) is 5.71. The second kappa shape index (κ2) is 7.95. The number of halogens is 1. The van der Waals surface area contributed by atoms with Gasteiger partial charge in [0.05, 0.1) is 6.61 Å². The number of nitrogens with two attached hydrogens (primary N) is 1. The molecule has 2 rings (SSSR count). The molecule has 0 aliphatic rings. The molecule has 118 valence electrons. The number of ether oxygens (including phenoxy) is 1. The van der Waals surface area contributed by atoms with Crippen LogP contribution in [-0.2, 0) is 0 Å². The summed E-state index contributed by atoms with van der Waals surface area (Å²) in [6.45, 7) is 5.18. The summed E-state index contributed by atoms with van der Waals surface area (Å²) in [7, 11) is 0. The molecule has 0 amide bonds. The Morgan fingerprint density at radius 1 is 1.14 bits per heavy atom. The summed E-state index contributed by atoms with van der Waals surface area (Å²) in [5, 5.41) is 0. The molecule has 0 bridgehead atoms. The van der Waals surface area contributed by atoms with Crippen molar-refractivity contribution in [3.63, 3.8) is 0 Å².